The van der Waals surface area contributed by atoms with E-state index in [1.165, 1.54) is 124 Å². The molecule has 1 heterocycles. The van der Waals surface area contributed by atoms with Gasteiger partial charge in [0, 0.05) is 22.8 Å². The van der Waals surface area contributed by atoms with E-state index < -0.39 is 0 Å². The number of hydrogen-bond acceptors (Lipinski definition) is 2. The van der Waals surface area contributed by atoms with Crippen LogP contribution in [0.4, 0.5) is 0 Å². The SMILES string of the molecule is CCCCCCCCC1=C(c2ccc(CCCCCC)cc2)[N+](=[N-])C(c2ccc(CCCCCC)cc2)=C1.CCCC[O][Pd][O]CCCC. The van der Waals surface area contributed by atoms with E-state index in [1.807, 2.05) is 0 Å². The molecular formula is C44H70N2O2Pd. The summed E-state index contributed by atoms with van der Waals surface area (Å²) in [5.41, 5.74) is 19.6. The molecule has 0 atom stereocenters. The first-order valence-electron chi connectivity index (χ1n) is 20.0. The normalized spacial score (nSPS) is 12.8. The van der Waals surface area contributed by atoms with Gasteiger partial charge in [0.05, 0.1) is 0 Å². The van der Waals surface area contributed by atoms with Crippen LogP contribution >= 0.6 is 0 Å². The van der Waals surface area contributed by atoms with Crippen molar-refractivity contribution in [2.24, 2.45) is 0 Å². The molecule has 2 aromatic carbocycles. The van der Waals surface area contributed by atoms with Gasteiger partial charge in [-0.05, 0) is 73.9 Å². The summed E-state index contributed by atoms with van der Waals surface area (Å²) in [6, 6.07) is 17.8. The zero-order chi connectivity index (χ0) is 35.4. The topological polar surface area (TPSA) is 43.8 Å². The second-order valence-electron chi connectivity index (χ2n) is 13.6. The third-order valence-corrected chi connectivity index (χ3v) is 10.2. The Morgan fingerprint density at radius 2 is 0.898 bits per heavy atom. The maximum atomic E-state index is 11.4. The Kier molecular flexibility index (Phi) is 25.4. The Hall–Kier alpha value is -1.90. The molecule has 0 spiro atoms. The summed E-state index contributed by atoms with van der Waals surface area (Å²) < 4.78 is 12.0. The average molecular weight is 765 g/mol. The van der Waals surface area contributed by atoms with Gasteiger partial charge in [0.2, 0.25) is 11.4 Å². The fourth-order valence-corrected chi connectivity index (χ4v) is 6.83. The summed E-state index contributed by atoms with van der Waals surface area (Å²) >= 11 is 0.0757. The molecule has 49 heavy (non-hydrogen) atoms. The van der Waals surface area contributed by atoms with Crippen LogP contribution in [0.15, 0.2) is 60.2 Å². The van der Waals surface area contributed by atoms with Gasteiger partial charge >= 0.3 is 78.4 Å². The van der Waals surface area contributed by atoms with Gasteiger partial charge in [-0.15, -0.1) is 0 Å². The predicted molar refractivity (Wildman–Crippen MR) is 207 cm³/mol. The van der Waals surface area contributed by atoms with Crippen LogP contribution in [-0.4, -0.2) is 17.9 Å². The van der Waals surface area contributed by atoms with Gasteiger partial charge in [-0.2, -0.15) is 0 Å². The fraction of sp³-hybridized carbons (Fsp3) is 0.636. The molecular weight excluding hydrogens is 695 g/mol. The number of benzene rings is 2. The summed E-state index contributed by atoms with van der Waals surface area (Å²) in [4.78, 5) is 0. The van der Waals surface area contributed by atoms with E-state index in [9.17, 15) is 5.53 Å². The van der Waals surface area contributed by atoms with E-state index in [0.29, 0.717) is 0 Å². The summed E-state index contributed by atoms with van der Waals surface area (Å²) in [6.45, 7) is 12.8. The number of allylic oxidation sites excluding steroid dienone is 2. The van der Waals surface area contributed by atoms with Crippen LogP contribution in [0.2, 0.25) is 0 Å². The van der Waals surface area contributed by atoms with Crippen molar-refractivity contribution in [1.29, 1.82) is 0 Å². The minimum atomic E-state index is 0.0757. The van der Waals surface area contributed by atoms with Crippen molar-refractivity contribution in [2.75, 3.05) is 13.2 Å². The first-order chi connectivity index (χ1) is 24.1. The second kappa shape index (κ2) is 28.8. The minimum absolute atomic E-state index is 0.0757. The van der Waals surface area contributed by atoms with Gasteiger partial charge in [0.1, 0.15) is 0 Å². The summed E-state index contributed by atoms with van der Waals surface area (Å²) in [6.07, 6.45) is 28.2. The van der Waals surface area contributed by atoms with Crippen molar-refractivity contribution in [3.8, 4) is 0 Å². The predicted octanol–water partition coefficient (Wildman–Crippen LogP) is 14.0. The van der Waals surface area contributed by atoms with Crippen molar-refractivity contribution >= 4 is 11.4 Å². The summed E-state index contributed by atoms with van der Waals surface area (Å²) in [5.74, 6) is 0. The van der Waals surface area contributed by atoms with Crippen molar-refractivity contribution in [2.45, 2.75) is 169 Å². The van der Waals surface area contributed by atoms with Gasteiger partial charge in [-0.25, -0.2) is 4.70 Å². The van der Waals surface area contributed by atoms with Gasteiger partial charge in [0.15, 0.2) is 0 Å². The van der Waals surface area contributed by atoms with Crippen molar-refractivity contribution in [3.05, 3.63) is 88.0 Å². The molecule has 0 radical (unpaired) electrons. The van der Waals surface area contributed by atoms with E-state index in [2.05, 4.69) is 89.2 Å². The Morgan fingerprint density at radius 1 is 0.490 bits per heavy atom. The molecule has 0 N–H and O–H groups in total. The quantitative estimate of drug-likeness (QED) is 0.0516. The third-order valence-electron chi connectivity index (χ3n) is 9.17. The zero-order valence-electron chi connectivity index (χ0n) is 32.0. The molecule has 0 unspecified atom stereocenters. The molecule has 5 heteroatoms. The zero-order valence-corrected chi connectivity index (χ0v) is 33.5. The van der Waals surface area contributed by atoms with E-state index >= 15 is 0 Å². The van der Waals surface area contributed by atoms with Gasteiger partial charge in [0.25, 0.3) is 0 Å². The number of hydrogen-bond donors (Lipinski definition) is 0. The third kappa shape index (κ3) is 18.2. The van der Waals surface area contributed by atoms with Crippen LogP contribution in [0.25, 0.3) is 16.9 Å². The number of nitrogens with zero attached hydrogens (tertiary/aromatic N) is 2. The molecule has 278 valence electrons. The van der Waals surface area contributed by atoms with Crippen LogP contribution in [0.5, 0.6) is 0 Å². The van der Waals surface area contributed by atoms with Gasteiger partial charge < -0.3 is 5.53 Å². The Morgan fingerprint density at radius 3 is 1.39 bits per heavy atom. The van der Waals surface area contributed by atoms with E-state index in [1.54, 1.807) is 0 Å². The number of rotatable bonds is 27. The van der Waals surface area contributed by atoms with E-state index in [0.717, 1.165) is 67.8 Å². The Labute approximate surface area is 311 Å². The van der Waals surface area contributed by atoms with E-state index in [4.69, 9.17) is 6.92 Å². The van der Waals surface area contributed by atoms with Crippen LogP contribution < -0.4 is 0 Å². The maximum absolute atomic E-state index is 11.4. The van der Waals surface area contributed by atoms with Gasteiger partial charge in [-0.3, -0.25) is 0 Å². The molecule has 0 fully saturated rings. The molecule has 3 rings (SSSR count). The van der Waals surface area contributed by atoms with Crippen molar-refractivity contribution in [3.63, 3.8) is 0 Å². The molecule has 1 aliphatic rings. The molecule has 0 saturated heterocycles. The van der Waals surface area contributed by atoms with E-state index in [-0.39, 0.29) is 18.7 Å². The standard InChI is InChI=1S/C36H52N2.2C4H9O.Pd/c1-4-7-10-13-14-17-20-34-29-35(32-25-21-30(22-26-32)18-15-11-8-5-2)38(37)36(34)33-27-23-31(24-28-33)19-16-12-9-6-3;2*1-2-3-4-5;/h21-29H,4-20H2,1-3H3;2*2-4H2,1H3;/q;2*-1;+2. The van der Waals surface area contributed by atoms with Gasteiger partial charge in [-0.1, -0.05) is 116 Å². The molecule has 1 aliphatic heterocycles. The fourth-order valence-electron chi connectivity index (χ4n) is 5.99. The first kappa shape index (κ1) is 43.3. The second-order valence-corrected chi connectivity index (χ2v) is 14.8. The summed E-state index contributed by atoms with van der Waals surface area (Å²) in [7, 11) is 0. The monoisotopic (exact) mass is 764 g/mol. The van der Waals surface area contributed by atoms with Crippen LogP contribution in [0.3, 0.4) is 0 Å². The molecule has 0 amide bonds. The van der Waals surface area contributed by atoms with Crippen molar-refractivity contribution in [1.82, 2.24) is 0 Å². The van der Waals surface area contributed by atoms with Crippen LogP contribution in [0, 0.1) is 0 Å². The number of unbranched alkanes of at least 4 members (excludes halogenated alkanes) is 13. The first-order valence-corrected chi connectivity index (χ1v) is 21.3. The average Bonchev–Trinajstić information content (AvgIpc) is 3.46. The molecule has 0 aromatic heterocycles. The Bertz CT molecular complexity index is 1180. The molecule has 4 nitrogen and oxygen atoms in total. The summed E-state index contributed by atoms with van der Waals surface area (Å²) in [5, 5.41) is 0. The van der Waals surface area contributed by atoms with Crippen LogP contribution in [0.1, 0.15) is 179 Å². The Balaban J connectivity index is 0.000000650. The number of aryl methyl sites for hydroxylation is 2. The molecule has 2 aromatic rings. The molecule has 0 bridgehead atoms. The molecule has 0 aliphatic carbocycles. The molecule has 0 saturated carbocycles. The van der Waals surface area contributed by atoms with Crippen molar-refractivity contribution < 1.29 is 30.3 Å². The van der Waals surface area contributed by atoms with Crippen LogP contribution in [-0.2, 0) is 38.5 Å².